The highest BCUT2D eigenvalue weighted by molar-refractivity contribution is 5.77. The molecule has 0 amide bonds. The lowest BCUT2D eigenvalue weighted by Gasteiger charge is -2.24. The minimum absolute atomic E-state index is 0.00689. The van der Waals surface area contributed by atoms with E-state index < -0.39 is 4.92 Å². The molecule has 0 bridgehead atoms. The Kier molecular flexibility index (Phi) is 4.45. The summed E-state index contributed by atoms with van der Waals surface area (Å²) in [5.74, 6) is 1.63. The molecule has 0 spiro atoms. The van der Waals surface area contributed by atoms with Gasteiger partial charge >= 0.3 is 0 Å². The maximum absolute atomic E-state index is 10.7. The summed E-state index contributed by atoms with van der Waals surface area (Å²) in [4.78, 5) is 14.6. The summed E-state index contributed by atoms with van der Waals surface area (Å²) in [7, 11) is 0. The molecular formula is C15H21N3O3. The van der Waals surface area contributed by atoms with Crippen LogP contribution in [-0.4, -0.2) is 16.5 Å². The second-order valence-electron chi connectivity index (χ2n) is 5.96. The van der Waals surface area contributed by atoms with Crippen molar-refractivity contribution in [2.24, 2.45) is 17.8 Å². The van der Waals surface area contributed by atoms with Gasteiger partial charge in [0.05, 0.1) is 11.0 Å². The molecule has 21 heavy (non-hydrogen) atoms. The number of hydrogen-bond donors (Lipinski definition) is 1. The molecule has 0 aliphatic heterocycles. The lowest BCUT2D eigenvalue weighted by atomic mass is 9.85. The minimum Gasteiger partial charge on any atom is -0.423 e. The summed E-state index contributed by atoms with van der Waals surface area (Å²) < 4.78 is 5.54. The van der Waals surface area contributed by atoms with E-state index in [9.17, 15) is 10.1 Å². The predicted octanol–water partition coefficient (Wildman–Crippen LogP) is 4.08. The topological polar surface area (TPSA) is 81.2 Å². The summed E-state index contributed by atoms with van der Waals surface area (Å²) in [6.07, 6.45) is 0. The van der Waals surface area contributed by atoms with E-state index in [1.54, 1.807) is 6.07 Å². The molecule has 1 aromatic carbocycles. The van der Waals surface area contributed by atoms with Gasteiger partial charge in [0, 0.05) is 12.6 Å². The molecule has 1 N–H and O–H groups in total. The van der Waals surface area contributed by atoms with E-state index in [1.807, 2.05) is 0 Å². The molecule has 0 atom stereocenters. The smallest absolute Gasteiger partial charge is 0.295 e. The molecule has 6 nitrogen and oxygen atoms in total. The Balaban J connectivity index is 2.14. The second-order valence-corrected chi connectivity index (χ2v) is 5.96. The van der Waals surface area contributed by atoms with Gasteiger partial charge in [0.25, 0.3) is 11.7 Å². The number of fused-ring (bicyclic) bond motifs is 1. The van der Waals surface area contributed by atoms with Gasteiger partial charge in [-0.25, -0.2) is 0 Å². The zero-order chi connectivity index (χ0) is 15.6. The third-order valence-corrected chi connectivity index (χ3v) is 3.78. The minimum atomic E-state index is -0.442. The third kappa shape index (κ3) is 3.51. The van der Waals surface area contributed by atoms with Gasteiger partial charge in [-0.2, -0.15) is 4.98 Å². The van der Waals surface area contributed by atoms with Crippen LogP contribution in [0.5, 0.6) is 0 Å². The molecule has 1 aromatic heterocycles. The molecule has 114 valence electrons. The Hall–Kier alpha value is -2.11. The van der Waals surface area contributed by atoms with Gasteiger partial charge in [0.1, 0.15) is 5.52 Å². The van der Waals surface area contributed by atoms with Gasteiger partial charge in [-0.15, -0.1) is 0 Å². The Morgan fingerprint density at radius 1 is 1.29 bits per heavy atom. The van der Waals surface area contributed by atoms with Crippen molar-refractivity contribution in [2.75, 3.05) is 11.9 Å². The van der Waals surface area contributed by atoms with E-state index in [2.05, 4.69) is 38.0 Å². The predicted molar refractivity (Wildman–Crippen MR) is 82.3 cm³/mol. The van der Waals surface area contributed by atoms with Crippen LogP contribution < -0.4 is 5.32 Å². The molecular weight excluding hydrogens is 270 g/mol. The molecule has 2 aromatic rings. The zero-order valence-corrected chi connectivity index (χ0v) is 12.8. The van der Waals surface area contributed by atoms with Crippen LogP contribution in [-0.2, 0) is 0 Å². The highest BCUT2D eigenvalue weighted by Crippen LogP contribution is 2.25. The van der Waals surface area contributed by atoms with E-state index >= 15 is 0 Å². The van der Waals surface area contributed by atoms with Crippen LogP contribution in [0, 0.1) is 27.9 Å². The maximum Gasteiger partial charge on any atom is 0.295 e. The van der Waals surface area contributed by atoms with Gasteiger partial charge in [-0.05, 0) is 23.8 Å². The lowest BCUT2D eigenvalue weighted by molar-refractivity contribution is -0.384. The van der Waals surface area contributed by atoms with Crippen molar-refractivity contribution in [3.8, 4) is 0 Å². The lowest BCUT2D eigenvalue weighted by Crippen LogP contribution is -2.24. The fraction of sp³-hybridized carbons (Fsp3) is 0.533. The first-order chi connectivity index (χ1) is 9.88. The van der Waals surface area contributed by atoms with E-state index in [1.165, 1.54) is 12.1 Å². The highest BCUT2D eigenvalue weighted by atomic mass is 16.6. The van der Waals surface area contributed by atoms with Gasteiger partial charge in [0.15, 0.2) is 5.58 Å². The van der Waals surface area contributed by atoms with Crippen LogP contribution in [0.2, 0.25) is 0 Å². The van der Waals surface area contributed by atoms with Crippen LogP contribution in [0.4, 0.5) is 11.7 Å². The summed E-state index contributed by atoms with van der Waals surface area (Å²) >= 11 is 0. The first-order valence-electron chi connectivity index (χ1n) is 7.17. The fourth-order valence-corrected chi connectivity index (χ4v) is 2.55. The van der Waals surface area contributed by atoms with E-state index in [0.29, 0.717) is 34.9 Å². The number of oxazole rings is 1. The largest absolute Gasteiger partial charge is 0.423 e. The standard InChI is InChI=1S/C15H21N3O3/c1-9(2)12(10(3)4)8-16-15-17-13-6-5-11(18(19)20)7-14(13)21-15/h5-7,9-10,12H,8H2,1-4H3,(H,16,17). The second kappa shape index (κ2) is 6.11. The van der Waals surface area contributed by atoms with Crippen LogP contribution in [0.25, 0.3) is 11.1 Å². The Morgan fingerprint density at radius 3 is 2.52 bits per heavy atom. The molecule has 0 aliphatic carbocycles. The summed E-state index contributed by atoms with van der Waals surface area (Å²) in [6.45, 7) is 9.55. The summed E-state index contributed by atoms with van der Waals surface area (Å²) in [6, 6.07) is 4.84. The average molecular weight is 291 g/mol. The molecule has 0 saturated heterocycles. The quantitative estimate of drug-likeness (QED) is 0.640. The Labute approximate surface area is 123 Å². The molecule has 0 aliphatic rings. The van der Waals surface area contributed by atoms with Crippen molar-refractivity contribution in [1.29, 1.82) is 0 Å². The highest BCUT2D eigenvalue weighted by Gasteiger charge is 2.18. The van der Waals surface area contributed by atoms with Gasteiger partial charge in [-0.3, -0.25) is 10.1 Å². The molecule has 2 rings (SSSR count). The number of rotatable bonds is 6. The first-order valence-corrected chi connectivity index (χ1v) is 7.17. The molecule has 0 fully saturated rings. The van der Waals surface area contributed by atoms with Crippen molar-refractivity contribution in [1.82, 2.24) is 4.98 Å². The van der Waals surface area contributed by atoms with Gasteiger partial charge in [0.2, 0.25) is 0 Å². The molecule has 0 saturated carbocycles. The normalized spacial score (nSPS) is 11.8. The van der Waals surface area contributed by atoms with Crippen molar-refractivity contribution < 1.29 is 9.34 Å². The monoisotopic (exact) mass is 291 g/mol. The van der Waals surface area contributed by atoms with Gasteiger partial charge < -0.3 is 9.73 Å². The number of benzene rings is 1. The maximum atomic E-state index is 10.7. The third-order valence-electron chi connectivity index (χ3n) is 3.78. The van der Waals surface area contributed by atoms with Crippen molar-refractivity contribution in [3.63, 3.8) is 0 Å². The van der Waals surface area contributed by atoms with Crippen LogP contribution >= 0.6 is 0 Å². The van der Waals surface area contributed by atoms with Crippen LogP contribution in [0.3, 0.4) is 0 Å². The molecule has 1 heterocycles. The van der Waals surface area contributed by atoms with E-state index in [-0.39, 0.29) is 5.69 Å². The number of nitrogens with zero attached hydrogens (tertiary/aromatic N) is 2. The van der Waals surface area contributed by atoms with Crippen LogP contribution in [0.15, 0.2) is 22.6 Å². The summed E-state index contributed by atoms with van der Waals surface area (Å²) in [5.41, 5.74) is 1.05. The average Bonchev–Trinajstić information content (AvgIpc) is 2.79. The number of nitro benzene ring substituents is 1. The van der Waals surface area contributed by atoms with E-state index in [4.69, 9.17) is 4.42 Å². The number of nitrogens with one attached hydrogen (secondary N) is 1. The fourth-order valence-electron chi connectivity index (χ4n) is 2.55. The van der Waals surface area contributed by atoms with Crippen LogP contribution in [0.1, 0.15) is 27.7 Å². The van der Waals surface area contributed by atoms with Crippen molar-refractivity contribution in [2.45, 2.75) is 27.7 Å². The molecule has 6 heteroatoms. The zero-order valence-electron chi connectivity index (χ0n) is 12.8. The summed E-state index contributed by atoms with van der Waals surface area (Å²) in [5, 5.41) is 13.9. The number of aromatic nitrogens is 1. The number of nitro groups is 1. The number of non-ortho nitro benzene ring substituents is 1. The Bertz CT molecular complexity index is 626. The molecule has 0 unspecified atom stereocenters. The first kappa shape index (κ1) is 15.3. The van der Waals surface area contributed by atoms with Gasteiger partial charge in [-0.1, -0.05) is 27.7 Å². The van der Waals surface area contributed by atoms with Crippen molar-refractivity contribution in [3.05, 3.63) is 28.3 Å². The van der Waals surface area contributed by atoms with E-state index in [0.717, 1.165) is 6.54 Å². The Morgan fingerprint density at radius 2 is 1.95 bits per heavy atom. The van der Waals surface area contributed by atoms with Crippen molar-refractivity contribution >= 4 is 22.8 Å². The SMILES string of the molecule is CC(C)C(CNc1nc2ccc([N+](=O)[O-])cc2o1)C(C)C. The number of anilines is 1. The number of hydrogen-bond acceptors (Lipinski definition) is 5. The molecule has 0 radical (unpaired) electrons.